The topological polar surface area (TPSA) is 46.2 Å². The maximum Gasteiger partial charge on any atom is 0.126 e. The van der Waals surface area contributed by atoms with Crippen LogP contribution in [0.4, 0.5) is 4.39 Å². The van der Waals surface area contributed by atoms with Crippen LogP contribution in [0.5, 0.6) is 0 Å². The van der Waals surface area contributed by atoms with E-state index in [2.05, 4.69) is 0 Å². The number of benzene rings is 1. The SMILES string of the molecule is CCC(N)C(CCO)c1ccccc1F. The molecule has 0 bridgehead atoms. The van der Waals surface area contributed by atoms with Gasteiger partial charge in [0.15, 0.2) is 0 Å². The van der Waals surface area contributed by atoms with Gasteiger partial charge in [0.2, 0.25) is 0 Å². The van der Waals surface area contributed by atoms with Gasteiger partial charge >= 0.3 is 0 Å². The van der Waals surface area contributed by atoms with Crippen molar-refractivity contribution in [2.45, 2.75) is 31.7 Å². The summed E-state index contributed by atoms with van der Waals surface area (Å²) < 4.78 is 13.5. The molecule has 1 rings (SSSR count). The molecule has 2 atom stereocenters. The van der Waals surface area contributed by atoms with Crippen LogP contribution in [0.1, 0.15) is 31.2 Å². The van der Waals surface area contributed by atoms with Crippen molar-refractivity contribution in [2.75, 3.05) is 6.61 Å². The van der Waals surface area contributed by atoms with Gasteiger partial charge in [-0.25, -0.2) is 4.39 Å². The summed E-state index contributed by atoms with van der Waals surface area (Å²) in [4.78, 5) is 0. The summed E-state index contributed by atoms with van der Waals surface area (Å²) in [6.07, 6.45) is 1.29. The van der Waals surface area contributed by atoms with E-state index >= 15 is 0 Å². The van der Waals surface area contributed by atoms with E-state index < -0.39 is 0 Å². The fraction of sp³-hybridized carbons (Fsp3) is 0.500. The van der Waals surface area contributed by atoms with E-state index in [9.17, 15) is 4.39 Å². The molecule has 0 amide bonds. The van der Waals surface area contributed by atoms with Crippen molar-refractivity contribution in [3.63, 3.8) is 0 Å². The summed E-state index contributed by atoms with van der Waals surface area (Å²) in [6.45, 7) is 2.00. The third kappa shape index (κ3) is 3.01. The van der Waals surface area contributed by atoms with E-state index in [4.69, 9.17) is 10.8 Å². The highest BCUT2D eigenvalue weighted by atomic mass is 19.1. The molecular formula is C12H18FNO. The lowest BCUT2D eigenvalue weighted by atomic mass is 9.87. The Morgan fingerprint density at radius 1 is 1.40 bits per heavy atom. The van der Waals surface area contributed by atoms with E-state index in [1.54, 1.807) is 18.2 Å². The van der Waals surface area contributed by atoms with Crippen molar-refractivity contribution in [3.05, 3.63) is 35.6 Å². The molecule has 0 aliphatic heterocycles. The third-order valence-corrected chi connectivity index (χ3v) is 2.73. The van der Waals surface area contributed by atoms with Crippen LogP contribution in [-0.4, -0.2) is 17.8 Å². The maximum absolute atomic E-state index is 13.5. The van der Waals surface area contributed by atoms with E-state index in [-0.39, 0.29) is 24.4 Å². The molecule has 0 aromatic heterocycles. The van der Waals surface area contributed by atoms with Gasteiger partial charge in [0, 0.05) is 18.6 Å². The van der Waals surface area contributed by atoms with Gasteiger partial charge in [-0.15, -0.1) is 0 Å². The number of hydrogen-bond acceptors (Lipinski definition) is 2. The highest BCUT2D eigenvalue weighted by Crippen LogP contribution is 2.26. The van der Waals surface area contributed by atoms with Gasteiger partial charge < -0.3 is 10.8 Å². The Morgan fingerprint density at radius 3 is 2.60 bits per heavy atom. The number of aliphatic hydroxyl groups excluding tert-OH is 1. The minimum Gasteiger partial charge on any atom is -0.396 e. The highest BCUT2D eigenvalue weighted by molar-refractivity contribution is 5.23. The quantitative estimate of drug-likeness (QED) is 0.782. The Hall–Kier alpha value is -0.930. The van der Waals surface area contributed by atoms with E-state index in [1.165, 1.54) is 6.07 Å². The second-order valence-electron chi connectivity index (χ2n) is 3.71. The molecule has 0 saturated carbocycles. The largest absolute Gasteiger partial charge is 0.396 e. The molecular weight excluding hydrogens is 193 g/mol. The van der Waals surface area contributed by atoms with Gasteiger partial charge in [0.25, 0.3) is 0 Å². The Labute approximate surface area is 89.9 Å². The monoisotopic (exact) mass is 211 g/mol. The van der Waals surface area contributed by atoms with Crippen molar-refractivity contribution in [1.82, 2.24) is 0 Å². The van der Waals surface area contributed by atoms with Crippen molar-refractivity contribution < 1.29 is 9.50 Å². The number of halogens is 1. The third-order valence-electron chi connectivity index (χ3n) is 2.73. The minimum atomic E-state index is -0.236. The predicted octanol–water partition coefficient (Wildman–Crippen LogP) is 2.03. The lowest BCUT2D eigenvalue weighted by Crippen LogP contribution is -2.29. The molecule has 0 radical (unpaired) electrons. The minimum absolute atomic E-state index is 0.0344. The second-order valence-corrected chi connectivity index (χ2v) is 3.71. The summed E-state index contributed by atoms with van der Waals surface area (Å²) in [5.41, 5.74) is 6.54. The summed E-state index contributed by atoms with van der Waals surface area (Å²) in [5, 5.41) is 8.96. The van der Waals surface area contributed by atoms with E-state index in [0.29, 0.717) is 12.0 Å². The molecule has 0 spiro atoms. The van der Waals surface area contributed by atoms with Crippen LogP contribution in [0.15, 0.2) is 24.3 Å². The lowest BCUT2D eigenvalue weighted by Gasteiger charge is -2.22. The number of aliphatic hydroxyl groups is 1. The summed E-state index contributed by atoms with van der Waals surface area (Å²) >= 11 is 0. The second kappa shape index (κ2) is 5.83. The van der Waals surface area contributed by atoms with Crippen molar-refractivity contribution in [2.24, 2.45) is 5.73 Å². The normalized spacial score (nSPS) is 14.9. The molecule has 2 unspecified atom stereocenters. The van der Waals surface area contributed by atoms with Crippen LogP contribution >= 0.6 is 0 Å². The molecule has 15 heavy (non-hydrogen) atoms. The van der Waals surface area contributed by atoms with E-state index in [1.807, 2.05) is 6.92 Å². The molecule has 0 saturated heterocycles. The van der Waals surface area contributed by atoms with Gasteiger partial charge in [-0.2, -0.15) is 0 Å². The average molecular weight is 211 g/mol. The number of rotatable bonds is 5. The molecule has 0 aliphatic rings. The smallest absolute Gasteiger partial charge is 0.126 e. The van der Waals surface area contributed by atoms with Crippen molar-refractivity contribution in [1.29, 1.82) is 0 Å². The van der Waals surface area contributed by atoms with Gasteiger partial charge in [0.05, 0.1) is 0 Å². The van der Waals surface area contributed by atoms with Crippen molar-refractivity contribution >= 4 is 0 Å². The van der Waals surface area contributed by atoms with Crippen LogP contribution in [0, 0.1) is 5.82 Å². The Kier molecular flexibility index (Phi) is 4.72. The molecule has 1 aromatic carbocycles. The number of nitrogens with two attached hydrogens (primary N) is 1. The van der Waals surface area contributed by atoms with Gasteiger partial charge in [-0.1, -0.05) is 25.1 Å². The van der Waals surface area contributed by atoms with Gasteiger partial charge in [-0.3, -0.25) is 0 Å². The van der Waals surface area contributed by atoms with Gasteiger partial charge in [-0.05, 0) is 24.5 Å². The average Bonchev–Trinajstić information content (AvgIpc) is 2.26. The summed E-state index contributed by atoms with van der Waals surface area (Å²) in [5.74, 6) is -0.332. The zero-order chi connectivity index (χ0) is 11.3. The summed E-state index contributed by atoms with van der Waals surface area (Å²) in [6, 6.07) is 6.53. The Morgan fingerprint density at radius 2 is 2.07 bits per heavy atom. The molecule has 0 fully saturated rings. The first-order valence-electron chi connectivity index (χ1n) is 5.31. The molecule has 1 aromatic rings. The Bertz CT molecular complexity index is 303. The standard InChI is InChI=1S/C12H18FNO/c1-2-12(14)10(7-8-15)9-5-3-4-6-11(9)13/h3-6,10,12,15H,2,7-8,14H2,1H3. The molecule has 3 heteroatoms. The first-order valence-corrected chi connectivity index (χ1v) is 5.31. The fourth-order valence-corrected chi connectivity index (χ4v) is 1.80. The fourth-order valence-electron chi connectivity index (χ4n) is 1.80. The first kappa shape index (κ1) is 12.1. The summed E-state index contributed by atoms with van der Waals surface area (Å²) in [7, 11) is 0. The van der Waals surface area contributed by atoms with Gasteiger partial charge in [0.1, 0.15) is 5.82 Å². The van der Waals surface area contributed by atoms with Crippen LogP contribution in [-0.2, 0) is 0 Å². The van der Waals surface area contributed by atoms with E-state index in [0.717, 1.165) is 6.42 Å². The molecule has 3 N–H and O–H groups in total. The maximum atomic E-state index is 13.5. The zero-order valence-corrected chi connectivity index (χ0v) is 8.99. The van der Waals surface area contributed by atoms with Crippen molar-refractivity contribution in [3.8, 4) is 0 Å². The molecule has 2 nitrogen and oxygen atoms in total. The van der Waals surface area contributed by atoms with Crippen LogP contribution in [0.2, 0.25) is 0 Å². The van der Waals surface area contributed by atoms with Crippen LogP contribution in [0.25, 0.3) is 0 Å². The lowest BCUT2D eigenvalue weighted by molar-refractivity contribution is 0.264. The van der Waals surface area contributed by atoms with Crippen LogP contribution in [0.3, 0.4) is 0 Å². The predicted molar refractivity (Wildman–Crippen MR) is 59.1 cm³/mol. The Balaban J connectivity index is 2.93. The van der Waals surface area contributed by atoms with Crippen LogP contribution < -0.4 is 5.73 Å². The molecule has 0 aliphatic carbocycles. The highest BCUT2D eigenvalue weighted by Gasteiger charge is 2.20. The number of hydrogen-bond donors (Lipinski definition) is 2. The molecule has 0 heterocycles. The molecule has 84 valence electrons. The first-order chi connectivity index (χ1) is 7.20. The zero-order valence-electron chi connectivity index (χ0n) is 8.99.